The molecule has 1 saturated heterocycles. The molecule has 2 aliphatic rings. The number of barbiturate groups is 1. The topological polar surface area (TPSA) is 66.5 Å². The van der Waals surface area contributed by atoms with Gasteiger partial charge in [0.2, 0.25) is 11.8 Å². The van der Waals surface area contributed by atoms with Crippen molar-refractivity contribution in [2.45, 2.75) is 64.8 Å². The zero-order chi connectivity index (χ0) is 14.0. The lowest BCUT2D eigenvalue weighted by Crippen LogP contribution is -2.61. The second-order valence-corrected chi connectivity index (χ2v) is 5.71. The van der Waals surface area contributed by atoms with Gasteiger partial charge < -0.3 is 0 Å². The van der Waals surface area contributed by atoms with Crippen molar-refractivity contribution in [2.75, 3.05) is 0 Å². The maximum absolute atomic E-state index is 12.3. The van der Waals surface area contributed by atoms with E-state index in [0.717, 1.165) is 25.7 Å². The standard InChI is InChI=1S/C14H22N2O3/c1-3-4-5-6-7-10(2)16-12(18)14(8-9-14)11(17)15-13(16)19/h10H,3-9H2,1-2H3,(H,15,17,19). The van der Waals surface area contributed by atoms with Gasteiger partial charge in [-0.1, -0.05) is 32.6 Å². The van der Waals surface area contributed by atoms with Crippen LogP contribution in [-0.2, 0) is 9.59 Å². The molecule has 1 unspecified atom stereocenters. The fourth-order valence-electron chi connectivity index (χ4n) is 2.66. The molecule has 0 aromatic carbocycles. The van der Waals surface area contributed by atoms with Crippen molar-refractivity contribution in [2.24, 2.45) is 5.41 Å². The van der Waals surface area contributed by atoms with Gasteiger partial charge in [0.15, 0.2) is 0 Å². The Labute approximate surface area is 113 Å². The van der Waals surface area contributed by atoms with Crippen molar-refractivity contribution in [3.05, 3.63) is 0 Å². The first-order valence-electron chi connectivity index (χ1n) is 7.22. The molecule has 1 spiro atoms. The molecule has 1 aliphatic carbocycles. The summed E-state index contributed by atoms with van der Waals surface area (Å²) in [7, 11) is 0. The van der Waals surface area contributed by atoms with Crippen molar-refractivity contribution in [1.82, 2.24) is 10.2 Å². The minimum absolute atomic E-state index is 0.130. The molecule has 0 aromatic rings. The summed E-state index contributed by atoms with van der Waals surface area (Å²) in [5.74, 6) is -0.693. The van der Waals surface area contributed by atoms with Gasteiger partial charge in [0.1, 0.15) is 5.41 Å². The van der Waals surface area contributed by atoms with E-state index in [2.05, 4.69) is 12.2 Å². The first kappa shape index (κ1) is 14.0. The number of carbonyl (C=O) groups is 3. The summed E-state index contributed by atoms with van der Waals surface area (Å²) >= 11 is 0. The molecule has 0 aromatic heterocycles. The van der Waals surface area contributed by atoms with Gasteiger partial charge in [-0.25, -0.2) is 4.79 Å². The van der Waals surface area contributed by atoms with Crippen molar-refractivity contribution in [3.8, 4) is 0 Å². The van der Waals surface area contributed by atoms with Crippen molar-refractivity contribution in [3.63, 3.8) is 0 Å². The third-order valence-electron chi connectivity index (χ3n) is 4.17. The number of rotatable bonds is 6. The highest BCUT2D eigenvalue weighted by molar-refractivity contribution is 6.21. The summed E-state index contributed by atoms with van der Waals surface area (Å²) in [6.45, 7) is 4.03. The first-order chi connectivity index (χ1) is 9.03. The molecule has 0 radical (unpaired) electrons. The van der Waals surface area contributed by atoms with Crippen LogP contribution in [0, 0.1) is 5.41 Å². The highest BCUT2D eigenvalue weighted by Gasteiger charge is 2.62. The largest absolute Gasteiger partial charge is 0.331 e. The molecular formula is C14H22N2O3. The maximum atomic E-state index is 12.3. The van der Waals surface area contributed by atoms with Crippen LogP contribution in [-0.4, -0.2) is 28.8 Å². The summed E-state index contributed by atoms with van der Waals surface area (Å²) in [5, 5.41) is 2.32. The number of hydrogen-bond acceptors (Lipinski definition) is 3. The molecule has 0 bridgehead atoms. The molecular weight excluding hydrogens is 244 g/mol. The summed E-state index contributed by atoms with van der Waals surface area (Å²) in [6.07, 6.45) is 6.42. The lowest BCUT2D eigenvalue weighted by Gasteiger charge is -2.34. The number of unbranched alkanes of at least 4 members (excludes halogenated alkanes) is 3. The van der Waals surface area contributed by atoms with E-state index in [0.29, 0.717) is 12.8 Å². The zero-order valence-corrected chi connectivity index (χ0v) is 11.7. The predicted octanol–water partition coefficient (Wildman–Crippen LogP) is 2.20. The van der Waals surface area contributed by atoms with E-state index in [9.17, 15) is 14.4 Å². The first-order valence-corrected chi connectivity index (χ1v) is 7.22. The van der Waals surface area contributed by atoms with Gasteiger partial charge in [-0.15, -0.1) is 0 Å². The van der Waals surface area contributed by atoms with Crippen LogP contribution < -0.4 is 5.32 Å². The van der Waals surface area contributed by atoms with Gasteiger partial charge >= 0.3 is 6.03 Å². The smallest absolute Gasteiger partial charge is 0.277 e. The molecule has 2 rings (SSSR count). The summed E-state index contributed by atoms with van der Waals surface area (Å²) in [4.78, 5) is 37.1. The Morgan fingerprint density at radius 1 is 1.21 bits per heavy atom. The van der Waals surface area contributed by atoms with E-state index in [-0.39, 0.29) is 11.9 Å². The van der Waals surface area contributed by atoms with Gasteiger partial charge in [-0.3, -0.25) is 19.8 Å². The zero-order valence-electron chi connectivity index (χ0n) is 11.7. The van der Waals surface area contributed by atoms with E-state index >= 15 is 0 Å². The monoisotopic (exact) mass is 266 g/mol. The van der Waals surface area contributed by atoms with E-state index in [1.807, 2.05) is 6.92 Å². The molecule has 2 fully saturated rings. The number of amides is 4. The molecule has 19 heavy (non-hydrogen) atoms. The maximum Gasteiger partial charge on any atom is 0.331 e. The van der Waals surface area contributed by atoms with Crippen LogP contribution in [0.4, 0.5) is 4.79 Å². The van der Waals surface area contributed by atoms with E-state index in [4.69, 9.17) is 0 Å². The molecule has 4 amide bonds. The van der Waals surface area contributed by atoms with Crippen LogP contribution >= 0.6 is 0 Å². The second-order valence-electron chi connectivity index (χ2n) is 5.71. The van der Waals surface area contributed by atoms with Gasteiger partial charge in [0.25, 0.3) is 0 Å². The number of imide groups is 2. The molecule has 5 heteroatoms. The Bertz CT molecular complexity index is 401. The lowest BCUT2D eigenvalue weighted by molar-refractivity contribution is -0.146. The Hall–Kier alpha value is -1.39. The Morgan fingerprint density at radius 2 is 1.89 bits per heavy atom. The number of carbonyl (C=O) groups excluding carboxylic acids is 3. The Kier molecular flexibility index (Phi) is 3.92. The fourth-order valence-corrected chi connectivity index (χ4v) is 2.66. The predicted molar refractivity (Wildman–Crippen MR) is 70.3 cm³/mol. The highest BCUT2D eigenvalue weighted by atomic mass is 16.2. The normalized spacial score (nSPS) is 22.6. The number of hydrogen-bond donors (Lipinski definition) is 1. The third-order valence-corrected chi connectivity index (χ3v) is 4.17. The number of nitrogens with zero attached hydrogens (tertiary/aromatic N) is 1. The van der Waals surface area contributed by atoms with Gasteiger partial charge in [0, 0.05) is 6.04 Å². The van der Waals surface area contributed by atoms with Crippen LogP contribution in [0.25, 0.3) is 0 Å². The summed E-state index contributed by atoms with van der Waals surface area (Å²) in [6, 6.07) is -0.676. The molecule has 1 saturated carbocycles. The summed E-state index contributed by atoms with van der Waals surface area (Å²) in [5.41, 5.74) is -0.911. The van der Waals surface area contributed by atoms with Crippen LogP contribution in [0.2, 0.25) is 0 Å². The summed E-state index contributed by atoms with van der Waals surface area (Å²) < 4.78 is 0. The molecule has 1 atom stereocenters. The number of urea groups is 1. The lowest BCUT2D eigenvalue weighted by atomic mass is 9.99. The van der Waals surface area contributed by atoms with Crippen molar-refractivity contribution < 1.29 is 14.4 Å². The van der Waals surface area contributed by atoms with Crippen molar-refractivity contribution >= 4 is 17.8 Å². The molecule has 1 aliphatic heterocycles. The van der Waals surface area contributed by atoms with Crippen LogP contribution in [0.1, 0.15) is 58.8 Å². The average Bonchev–Trinajstić information content (AvgIpc) is 3.14. The van der Waals surface area contributed by atoms with Crippen LogP contribution in [0.5, 0.6) is 0 Å². The second kappa shape index (κ2) is 5.31. The molecule has 1 N–H and O–H groups in total. The number of nitrogens with one attached hydrogen (secondary N) is 1. The van der Waals surface area contributed by atoms with Crippen molar-refractivity contribution in [1.29, 1.82) is 0 Å². The molecule has 5 nitrogen and oxygen atoms in total. The van der Waals surface area contributed by atoms with Gasteiger partial charge in [-0.05, 0) is 26.2 Å². The van der Waals surface area contributed by atoms with Crippen LogP contribution in [0.15, 0.2) is 0 Å². The average molecular weight is 266 g/mol. The highest BCUT2D eigenvalue weighted by Crippen LogP contribution is 2.49. The SMILES string of the molecule is CCCCCCC(C)N1C(=O)NC(=O)C2(CC2)C1=O. The molecule has 1 heterocycles. The van der Waals surface area contributed by atoms with Gasteiger partial charge in [-0.2, -0.15) is 0 Å². The van der Waals surface area contributed by atoms with E-state index < -0.39 is 17.4 Å². The Balaban J connectivity index is 1.96. The quantitative estimate of drug-likeness (QED) is 0.592. The van der Waals surface area contributed by atoms with Crippen LogP contribution in [0.3, 0.4) is 0 Å². The minimum Gasteiger partial charge on any atom is -0.277 e. The fraction of sp³-hybridized carbons (Fsp3) is 0.786. The van der Waals surface area contributed by atoms with E-state index in [1.54, 1.807) is 0 Å². The Morgan fingerprint density at radius 3 is 2.47 bits per heavy atom. The minimum atomic E-state index is -0.911. The van der Waals surface area contributed by atoms with E-state index in [1.165, 1.54) is 11.3 Å². The molecule has 106 valence electrons. The van der Waals surface area contributed by atoms with Gasteiger partial charge in [0.05, 0.1) is 0 Å². The third kappa shape index (κ3) is 2.51.